The largest absolute Gasteiger partial charge is 0.497 e. The summed E-state index contributed by atoms with van der Waals surface area (Å²) in [5.74, 6) is 2.09. The van der Waals surface area contributed by atoms with Crippen LogP contribution in [-0.4, -0.2) is 25.1 Å². The first kappa shape index (κ1) is 19.0. The highest BCUT2D eigenvalue weighted by atomic mass is 16.5. The summed E-state index contributed by atoms with van der Waals surface area (Å²) in [7, 11) is 3.28. The topological polar surface area (TPSA) is 60.5 Å². The van der Waals surface area contributed by atoms with Gasteiger partial charge in [0.2, 0.25) is 5.91 Å². The Morgan fingerprint density at radius 2 is 1.69 bits per heavy atom. The highest BCUT2D eigenvalue weighted by molar-refractivity contribution is 6.01. The van der Waals surface area contributed by atoms with Gasteiger partial charge in [0.25, 0.3) is 0 Å². The van der Waals surface area contributed by atoms with Gasteiger partial charge in [0, 0.05) is 5.56 Å². The molecule has 2 aromatic carbocycles. The minimum Gasteiger partial charge on any atom is -0.497 e. The normalized spacial score (nSPS) is 14.2. The summed E-state index contributed by atoms with van der Waals surface area (Å²) >= 11 is 0. The first-order valence-corrected chi connectivity index (χ1v) is 9.64. The lowest BCUT2D eigenvalue weighted by molar-refractivity contribution is -0.118. The zero-order valence-electron chi connectivity index (χ0n) is 16.9. The van der Waals surface area contributed by atoms with Gasteiger partial charge in [0.1, 0.15) is 17.3 Å². The fraction of sp³-hybridized carbons (Fsp3) is 0.250. The molecular weight excluding hydrogens is 364 g/mol. The molecule has 5 nitrogen and oxygen atoms in total. The molecule has 0 radical (unpaired) electrons. The standard InChI is InChI=1S/C24H24N2O3/c1-16-7-12-21(25-22(16)17-5-4-6-20(15-17)29-3)26-23(27)24(13-14-24)18-8-10-19(28-2)11-9-18/h4-12,15H,13-14H2,1-3H3,(H,25,26,27). The Labute approximate surface area is 170 Å². The van der Waals surface area contributed by atoms with Crippen molar-refractivity contribution in [3.8, 4) is 22.8 Å². The number of rotatable bonds is 6. The van der Waals surface area contributed by atoms with E-state index < -0.39 is 5.41 Å². The molecule has 0 unspecified atom stereocenters. The molecule has 4 rings (SSSR count). The lowest BCUT2D eigenvalue weighted by Gasteiger charge is -2.17. The number of anilines is 1. The molecule has 1 aromatic heterocycles. The van der Waals surface area contributed by atoms with Crippen LogP contribution in [0.25, 0.3) is 11.3 Å². The van der Waals surface area contributed by atoms with Crippen molar-refractivity contribution in [1.29, 1.82) is 0 Å². The maximum atomic E-state index is 13.1. The van der Waals surface area contributed by atoms with Gasteiger partial charge in [-0.15, -0.1) is 0 Å². The van der Waals surface area contributed by atoms with E-state index in [-0.39, 0.29) is 5.91 Å². The number of pyridine rings is 1. The van der Waals surface area contributed by atoms with Gasteiger partial charge in [-0.3, -0.25) is 4.79 Å². The minimum absolute atomic E-state index is 0.0180. The van der Waals surface area contributed by atoms with Gasteiger partial charge in [-0.2, -0.15) is 0 Å². The van der Waals surface area contributed by atoms with Crippen molar-refractivity contribution in [3.05, 3.63) is 71.8 Å². The van der Waals surface area contributed by atoms with Crippen molar-refractivity contribution < 1.29 is 14.3 Å². The fourth-order valence-corrected chi connectivity index (χ4v) is 3.58. The van der Waals surface area contributed by atoms with Crippen molar-refractivity contribution >= 4 is 11.7 Å². The van der Waals surface area contributed by atoms with E-state index in [1.165, 1.54) is 0 Å². The van der Waals surface area contributed by atoms with Crippen molar-refractivity contribution in [3.63, 3.8) is 0 Å². The van der Waals surface area contributed by atoms with E-state index in [1.54, 1.807) is 14.2 Å². The van der Waals surface area contributed by atoms with Crippen molar-refractivity contribution in [2.24, 2.45) is 0 Å². The van der Waals surface area contributed by atoms with Gasteiger partial charge in [-0.1, -0.05) is 30.3 Å². The quantitative estimate of drug-likeness (QED) is 0.662. The molecule has 5 heteroatoms. The summed E-state index contributed by atoms with van der Waals surface area (Å²) < 4.78 is 10.5. The molecule has 1 amide bonds. The first-order valence-electron chi connectivity index (χ1n) is 9.64. The number of carbonyl (C=O) groups excluding carboxylic acids is 1. The van der Waals surface area contributed by atoms with Crippen molar-refractivity contribution in [1.82, 2.24) is 4.98 Å². The molecule has 29 heavy (non-hydrogen) atoms. The zero-order valence-corrected chi connectivity index (χ0v) is 16.9. The van der Waals surface area contributed by atoms with Crippen LogP contribution in [0.5, 0.6) is 11.5 Å². The number of carbonyl (C=O) groups is 1. The maximum Gasteiger partial charge on any atom is 0.236 e. The Morgan fingerprint density at radius 1 is 0.966 bits per heavy atom. The van der Waals surface area contributed by atoms with E-state index in [9.17, 15) is 4.79 Å². The Balaban J connectivity index is 1.58. The van der Waals surface area contributed by atoms with Gasteiger partial charge in [-0.05, 0) is 61.2 Å². The van der Waals surface area contributed by atoms with E-state index in [1.807, 2.05) is 67.6 Å². The number of aryl methyl sites for hydroxylation is 1. The van der Waals surface area contributed by atoms with E-state index in [0.29, 0.717) is 5.82 Å². The van der Waals surface area contributed by atoms with Gasteiger partial charge < -0.3 is 14.8 Å². The predicted molar refractivity (Wildman–Crippen MR) is 113 cm³/mol. The lowest BCUT2D eigenvalue weighted by Crippen LogP contribution is -2.28. The van der Waals surface area contributed by atoms with Gasteiger partial charge in [0.15, 0.2) is 0 Å². The molecule has 1 fully saturated rings. The third-order valence-electron chi connectivity index (χ3n) is 5.51. The zero-order chi connectivity index (χ0) is 20.4. The Morgan fingerprint density at radius 3 is 2.34 bits per heavy atom. The highest BCUT2D eigenvalue weighted by Gasteiger charge is 2.51. The van der Waals surface area contributed by atoms with Crippen molar-refractivity contribution in [2.75, 3.05) is 19.5 Å². The number of aromatic nitrogens is 1. The number of benzene rings is 2. The summed E-state index contributed by atoms with van der Waals surface area (Å²) in [6.07, 6.45) is 1.67. The molecule has 1 aliphatic carbocycles. The van der Waals surface area contributed by atoms with Gasteiger partial charge >= 0.3 is 0 Å². The number of hydrogen-bond acceptors (Lipinski definition) is 4. The van der Waals surface area contributed by atoms with Crippen LogP contribution in [0.1, 0.15) is 24.0 Å². The third-order valence-corrected chi connectivity index (χ3v) is 5.51. The van der Waals surface area contributed by atoms with Crippen LogP contribution in [0.4, 0.5) is 5.82 Å². The first-order chi connectivity index (χ1) is 14.1. The van der Waals surface area contributed by atoms with E-state index in [0.717, 1.165) is 46.7 Å². The average molecular weight is 388 g/mol. The third kappa shape index (κ3) is 3.68. The molecule has 3 aromatic rings. The van der Waals surface area contributed by atoms with Gasteiger partial charge in [-0.25, -0.2) is 4.98 Å². The predicted octanol–water partition coefficient (Wildman–Crippen LogP) is 4.74. The maximum absolute atomic E-state index is 13.1. The minimum atomic E-state index is -0.477. The van der Waals surface area contributed by atoms with Crippen LogP contribution in [0.15, 0.2) is 60.7 Å². The fourth-order valence-electron chi connectivity index (χ4n) is 3.58. The smallest absolute Gasteiger partial charge is 0.236 e. The summed E-state index contributed by atoms with van der Waals surface area (Å²) in [5, 5.41) is 3.03. The number of methoxy groups -OCH3 is 2. The van der Waals surface area contributed by atoms with E-state index >= 15 is 0 Å². The summed E-state index contributed by atoms with van der Waals surface area (Å²) in [6, 6.07) is 19.3. The molecular formula is C24H24N2O3. The monoisotopic (exact) mass is 388 g/mol. The molecule has 1 heterocycles. The molecule has 1 N–H and O–H groups in total. The number of ether oxygens (including phenoxy) is 2. The summed E-state index contributed by atoms with van der Waals surface area (Å²) in [6.45, 7) is 2.01. The molecule has 0 aliphatic heterocycles. The van der Waals surface area contributed by atoms with E-state index in [2.05, 4.69) is 5.32 Å². The van der Waals surface area contributed by atoms with Crippen LogP contribution in [0.2, 0.25) is 0 Å². The van der Waals surface area contributed by atoms with E-state index in [4.69, 9.17) is 14.5 Å². The summed E-state index contributed by atoms with van der Waals surface area (Å²) in [5.41, 5.74) is 3.35. The Hall–Kier alpha value is -3.34. The van der Waals surface area contributed by atoms with Crippen LogP contribution >= 0.6 is 0 Å². The number of amides is 1. The van der Waals surface area contributed by atoms with Crippen LogP contribution in [0.3, 0.4) is 0 Å². The number of nitrogens with zero attached hydrogens (tertiary/aromatic N) is 1. The Bertz CT molecular complexity index is 1040. The molecule has 1 saturated carbocycles. The Kier molecular flexibility index (Phi) is 4.97. The molecule has 0 saturated heterocycles. The molecule has 148 valence electrons. The lowest BCUT2D eigenvalue weighted by atomic mass is 9.95. The summed E-state index contributed by atoms with van der Waals surface area (Å²) in [4.78, 5) is 17.8. The molecule has 0 atom stereocenters. The number of nitrogens with one attached hydrogen (secondary N) is 1. The SMILES string of the molecule is COc1ccc(C2(C(=O)Nc3ccc(C)c(-c4cccc(OC)c4)n3)CC2)cc1. The number of hydrogen-bond donors (Lipinski definition) is 1. The second-order valence-corrected chi connectivity index (χ2v) is 7.36. The second-order valence-electron chi connectivity index (χ2n) is 7.36. The highest BCUT2D eigenvalue weighted by Crippen LogP contribution is 2.49. The molecule has 1 aliphatic rings. The van der Waals surface area contributed by atoms with Crippen LogP contribution in [-0.2, 0) is 10.2 Å². The average Bonchev–Trinajstić information content (AvgIpc) is 3.57. The van der Waals surface area contributed by atoms with Crippen LogP contribution in [0, 0.1) is 6.92 Å². The molecule has 0 bridgehead atoms. The molecule has 0 spiro atoms. The van der Waals surface area contributed by atoms with Crippen LogP contribution < -0.4 is 14.8 Å². The van der Waals surface area contributed by atoms with Crippen molar-refractivity contribution in [2.45, 2.75) is 25.2 Å². The van der Waals surface area contributed by atoms with Gasteiger partial charge in [0.05, 0.1) is 25.3 Å². The second kappa shape index (κ2) is 7.59.